The van der Waals surface area contributed by atoms with Crippen molar-refractivity contribution in [2.75, 3.05) is 12.4 Å². The number of methoxy groups -OCH3 is 1. The predicted molar refractivity (Wildman–Crippen MR) is 117 cm³/mol. The summed E-state index contributed by atoms with van der Waals surface area (Å²) in [7, 11) is 1.38. The van der Waals surface area contributed by atoms with E-state index in [4.69, 9.17) is 9.47 Å². The van der Waals surface area contributed by atoms with Crippen LogP contribution in [0.1, 0.15) is 32.8 Å². The molecular weight excluding hydrogens is 418 g/mol. The number of aromatic amines is 1. The van der Waals surface area contributed by atoms with Gasteiger partial charge < -0.3 is 14.5 Å². The Balaban J connectivity index is 1.90. The van der Waals surface area contributed by atoms with E-state index in [1.54, 1.807) is 0 Å². The maximum absolute atomic E-state index is 11.9. The molecule has 1 aromatic heterocycles. The maximum Gasteiger partial charge on any atom is 0.347 e. The lowest BCUT2D eigenvalue weighted by atomic mass is 9.86. The molecule has 1 heterocycles. The van der Waals surface area contributed by atoms with Crippen molar-refractivity contribution in [2.24, 2.45) is 0 Å². The minimum Gasteiger partial charge on any atom is -0.479 e. The molecule has 0 radical (unpaired) electrons. The lowest BCUT2D eigenvalue weighted by molar-refractivity contribution is -0.148. The topological polar surface area (TPSA) is 51.3 Å². The number of hydrogen-bond donors (Lipinski definition) is 1. The van der Waals surface area contributed by atoms with E-state index in [1.807, 2.05) is 18.2 Å². The summed E-state index contributed by atoms with van der Waals surface area (Å²) < 4.78 is 10.7. The fraction of sp³-hybridized carbons (Fsp3) is 0.348. The Morgan fingerprint density at radius 1 is 1.14 bits per heavy atom. The largest absolute Gasteiger partial charge is 0.479 e. The molecular formula is C23H26BrNO3. The number of rotatable bonds is 6. The third kappa shape index (κ3) is 4.58. The van der Waals surface area contributed by atoms with Crippen molar-refractivity contribution in [1.29, 1.82) is 0 Å². The molecule has 5 heteroatoms. The minimum absolute atomic E-state index is 0.0986. The molecule has 2 aromatic carbocycles. The monoisotopic (exact) mass is 443 g/mol. The molecule has 0 saturated heterocycles. The first-order chi connectivity index (χ1) is 13.3. The van der Waals surface area contributed by atoms with E-state index in [-0.39, 0.29) is 11.4 Å². The van der Waals surface area contributed by atoms with Gasteiger partial charge in [-0.2, -0.15) is 0 Å². The number of ether oxygens (including phenoxy) is 2. The number of alkyl halides is 1. The van der Waals surface area contributed by atoms with Crippen molar-refractivity contribution < 1.29 is 14.3 Å². The van der Waals surface area contributed by atoms with E-state index in [0.29, 0.717) is 17.5 Å². The Labute approximate surface area is 174 Å². The van der Waals surface area contributed by atoms with Gasteiger partial charge in [0.2, 0.25) is 0 Å². The molecule has 4 nitrogen and oxygen atoms in total. The van der Waals surface area contributed by atoms with Crippen LogP contribution in [0, 0.1) is 0 Å². The third-order valence-electron chi connectivity index (χ3n) is 4.75. The molecule has 3 aromatic rings. The van der Waals surface area contributed by atoms with Gasteiger partial charge in [-0.25, -0.2) is 4.79 Å². The molecule has 0 aliphatic rings. The molecule has 1 atom stereocenters. The molecule has 1 N–H and O–H groups in total. The average molecular weight is 444 g/mol. The highest BCUT2D eigenvalue weighted by atomic mass is 79.9. The van der Waals surface area contributed by atoms with Crippen molar-refractivity contribution in [2.45, 2.75) is 38.7 Å². The van der Waals surface area contributed by atoms with Crippen LogP contribution in [0.25, 0.3) is 22.2 Å². The van der Waals surface area contributed by atoms with Crippen molar-refractivity contribution in [3.05, 3.63) is 54.1 Å². The van der Waals surface area contributed by atoms with Crippen LogP contribution in [-0.2, 0) is 14.9 Å². The van der Waals surface area contributed by atoms with Crippen molar-refractivity contribution >= 4 is 32.8 Å². The van der Waals surface area contributed by atoms with Gasteiger partial charge in [0.05, 0.1) is 7.11 Å². The van der Waals surface area contributed by atoms with Gasteiger partial charge in [0.25, 0.3) is 0 Å². The number of benzene rings is 2. The summed E-state index contributed by atoms with van der Waals surface area (Å²) in [6, 6.07) is 16.5. The summed E-state index contributed by atoms with van der Waals surface area (Å²) >= 11 is 3.36. The number of aromatic nitrogens is 1. The highest BCUT2D eigenvalue weighted by Crippen LogP contribution is 2.30. The normalized spacial score (nSPS) is 12.8. The molecule has 0 saturated carbocycles. The van der Waals surface area contributed by atoms with Gasteiger partial charge in [-0.15, -0.1) is 0 Å². The Morgan fingerprint density at radius 3 is 2.61 bits per heavy atom. The number of esters is 1. The zero-order valence-corrected chi connectivity index (χ0v) is 18.3. The van der Waals surface area contributed by atoms with Crippen LogP contribution < -0.4 is 4.74 Å². The Hall–Kier alpha value is -2.27. The second kappa shape index (κ2) is 8.39. The van der Waals surface area contributed by atoms with Gasteiger partial charge >= 0.3 is 5.97 Å². The smallest absolute Gasteiger partial charge is 0.347 e. The van der Waals surface area contributed by atoms with Crippen LogP contribution in [-0.4, -0.2) is 29.5 Å². The lowest BCUT2D eigenvalue weighted by Gasteiger charge is -2.19. The molecule has 0 fully saturated rings. The lowest BCUT2D eigenvalue weighted by Crippen LogP contribution is -2.28. The van der Waals surface area contributed by atoms with Crippen LogP contribution in [0.2, 0.25) is 0 Å². The van der Waals surface area contributed by atoms with Gasteiger partial charge in [-0.1, -0.05) is 54.9 Å². The second-order valence-electron chi connectivity index (χ2n) is 7.87. The van der Waals surface area contributed by atoms with Crippen molar-refractivity contribution in [1.82, 2.24) is 4.98 Å². The van der Waals surface area contributed by atoms with E-state index in [0.717, 1.165) is 22.2 Å². The first kappa shape index (κ1) is 20.5. The number of fused-ring (bicyclic) bond motifs is 1. The Morgan fingerprint density at radius 2 is 1.93 bits per heavy atom. The highest BCUT2D eigenvalue weighted by molar-refractivity contribution is 9.09. The standard InChI is InChI=1S/C23H26BrNO3/c1-23(2,3)17-7-5-6-15(12-17)20-14-16-13-18(8-9-19(16)25-20)28-21(10-11-24)22(26)27-4/h5-9,12-14,21,25H,10-11H2,1-4H3. The zero-order chi connectivity index (χ0) is 20.3. The molecule has 1 unspecified atom stereocenters. The number of carbonyl (C=O) groups is 1. The number of halogens is 1. The molecule has 0 bridgehead atoms. The van der Waals surface area contributed by atoms with Gasteiger partial charge in [-0.3, -0.25) is 0 Å². The van der Waals surface area contributed by atoms with Crippen LogP contribution in [0.3, 0.4) is 0 Å². The van der Waals surface area contributed by atoms with Gasteiger partial charge in [0, 0.05) is 28.3 Å². The van der Waals surface area contributed by atoms with E-state index < -0.39 is 6.10 Å². The van der Waals surface area contributed by atoms with Gasteiger partial charge in [0.15, 0.2) is 6.10 Å². The summed E-state index contributed by atoms with van der Waals surface area (Å²) in [5.74, 6) is 0.283. The van der Waals surface area contributed by atoms with Crippen molar-refractivity contribution in [3.63, 3.8) is 0 Å². The van der Waals surface area contributed by atoms with Crippen LogP contribution in [0.4, 0.5) is 0 Å². The predicted octanol–water partition coefficient (Wildman–Crippen LogP) is 5.84. The average Bonchev–Trinajstić information content (AvgIpc) is 3.10. The molecule has 0 aliphatic heterocycles. The summed E-state index contributed by atoms with van der Waals surface area (Å²) in [5, 5.41) is 1.70. The van der Waals surface area contributed by atoms with Crippen LogP contribution in [0.5, 0.6) is 5.75 Å². The SMILES string of the molecule is COC(=O)C(CCBr)Oc1ccc2[nH]c(-c3cccc(C(C)(C)C)c3)cc2c1. The van der Waals surface area contributed by atoms with Gasteiger partial charge in [-0.05, 0) is 46.9 Å². The van der Waals surface area contributed by atoms with E-state index in [1.165, 1.54) is 12.7 Å². The zero-order valence-electron chi connectivity index (χ0n) is 16.7. The highest BCUT2D eigenvalue weighted by Gasteiger charge is 2.21. The summed E-state index contributed by atoms with van der Waals surface area (Å²) in [6.07, 6.45) is -0.0772. The molecule has 0 amide bonds. The van der Waals surface area contributed by atoms with E-state index in [2.05, 4.69) is 72.0 Å². The first-order valence-corrected chi connectivity index (χ1v) is 10.5. The number of nitrogens with one attached hydrogen (secondary N) is 1. The second-order valence-corrected chi connectivity index (χ2v) is 8.66. The van der Waals surface area contributed by atoms with Crippen LogP contribution in [0.15, 0.2) is 48.5 Å². The first-order valence-electron chi connectivity index (χ1n) is 9.36. The summed E-state index contributed by atoms with van der Waals surface area (Å²) in [5.41, 5.74) is 4.63. The third-order valence-corrected chi connectivity index (χ3v) is 5.20. The summed E-state index contributed by atoms with van der Waals surface area (Å²) in [4.78, 5) is 15.4. The molecule has 0 aliphatic carbocycles. The fourth-order valence-electron chi connectivity index (χ4n) is 3.11. The van der Waals surface area contributed by atoms with E-state index in [9.17, 15) is 4.79 Å². The Kier molecular flexibility index (Phi) is 6.14. The minimum atomic E-state index is -0.622. The van der Waals surface area contributed by atoms with E-state index >= 15 is 0 Å². The quantitative estimate of drug-likeness (QED) is 0.384. The molecule has 3 rings (SSSR count). The Bertz CT molecular complexity index is 971. The van der Waals surface area contributed by atoms with Crippen LogP contribution >= 0.6 is 15.9 Å². The fourth-order valence-corrected chi connectivity index (χ4v) is 3.53. The number of H-pyrrole nitrogens is 1. The number of hydrogen-bond acceptors (Lipinski definition) is 3. The summed E-state index contributed by atoms with van der Waals surface area (Å²) in [6.45, 7) is 6.64. The maximum atomic E-state index is 11.9. The molecule has 0 spiro atoms. The van der Waals surface area contributed by atoms with Crippen molar-refractivity contribution in [3.8, 4) is 17.0 Å². The molecule has 28 heavy (non-hydrogen) atoms. The molecule has 148 valence electrons. The van der Waals surface area contributed by atoms with Gasteiger partial charge in [0.1, 0.15) is 5.75 Å². The number of carbonyl (C=O) groups excluding carboxylic acids is 1.